The fourth-order valence-electron chi connectivity index (χ4n) is 6.99. The second-order valence-electron chi connectivity index (χ2n) is 13.0. The van der Waals surface area contributed by atoms with Crippen LogP contribution >= 0.6 is 11.6 Å². The second kappa shape index (κ2) is 16.0. The van der Waals surface area contributed by atoms with E-state index in [1.807, 2.05) is 32.2 Å². The predicted molar refractivity (Wildman–Crippen MR) is 197 cm³/mol. The average molecular weight is 728 g/mol. The maximum Gasteiger partial charge on any atom is 0.344 e. The Hall–Kier alpha value is -5.23. The van der Waals surface area contributed by atoms with E-state index in [1.165, 1.54) is 17.7 Å². The van der Waals surface area contributed by atoms with E-state index in [9.17, 15) is 19.2 Å². The van der Waals surface area contributed by atoms with Gasteiger partial charge in [0, 0.05) is 59.3 Å². The number of anilines is 1. The molecule has 0 spiro atoms. The van der Waals surface area contributed by atoms with Gasteiger partial charge in [0.25, 0.3) is 5.91 Å². The highest BCUT2D eigenvalue weighted by Crippen LogP contribution is 2.44. The Balaban J connectivity index is 1.19. The lowest BCUT2D eigenvalue weighted by atomic mass is 9.75. The van der Waals surface area contributed by atoms with Gasteiger partial charge in [0.2, 0.25) is 5.91 Å². The van der Waals surface area contributed by atoms with Crippen LogP contribution in [0.4, 0.5) is 5.69 Å². The van der Waals surface area contributed by atoms with E-state index in [-0.39, 0.29) is 18.4 Å². The van der Waals surface area contributed by atoms with Crippen LogP contribution in [-0.4, -0.2) is 63.6 Å². The number of ether oxygens (including phenoxy) is 3. The van der Waals surface area contributed by atoms with Crippen LogP contribution in [0.2, 0.25) is 5.02 Å². The summed E-state index contributed by atoms with van der Waals surface area (Å²) in [5.41, 5.74) is 3.42. The quantitative estimate of drug-likeness (QED) is 0.113. The van der Waals surface area contributed by atoms with Crippen molar-refractivity contribution in [1.82, 2.24) is 19.9 Å². The number of amides is 2. The molecular weight excluding hydrogens is 686 g/mol. The van der Waals surface area contributed by atoms with Gasteiger partial charge in [-0.25, -0.2) is 19.6 Å². The van der Waals surface area contributed by atoms with Gasteiger partial charge in [0.1, 0.15) is 11.3 Å². The number of hydrogen-bond donors (Lipinski definition) is 2. The molecule has 0 unspecified atom stereocenters. The van der Waals surface area contributed by atoms with Gasteiger partial charge in [-0.05, 0) is 87.8 Å². The highest BCUT2D eigenvalue weighted by molar-refractivity contribution is 6.30. The van der Waals surface area contributed by atoms with Gasteiger partial charge in [-0.2, -0.15) is 0 Å². The van der Waals surface area contributed by atoms with Crippen molar-refractivity contribution in [1.29, 1.82) is 0 Å². The summed E-state index contributed by atoms with van der Waals surface area (Å²) in [7, 11) is 1.96. The van der Waals surface area contributed by atoms with Gasteiger partial charge in [0.15, 0.2) is 12.4 Å². The number of fused-ring (bicyclic) bond motifs is 1. The number of rotatable bonds is 13. The highest BCUT2D eigenvalue weighted by Gasteiger charge is 2.45. The summed E-state index contributed by atoms with van der Waals surface area (Å²) in [5, 5.41) is 7.53. The van der Waals surface area contributed by atoms with Crippen LogP contribution in [0.5, 0.6) is 5.75 Å². The Morgan fingerprint density at radius 1 is 0.981 bits per heavy atom. The van der Waals surface area contributed by atoms with Gasteiger partial charge in [-0.15, -0.1) is 0 Å². The number of esters is 2. The molecule has 2 aromatic heterocycles. The number of aromatic nitrogens is 3. The number of benzene rings is 2. The fourth-order valence-corrected chi connectivity index (χ4v) is 7.09. The normalized spacial score (nSPS) is 15.3. The van der Waals surface area contributed by atoms with Crippen molar-refractivity contribution >= 4 is 58.0 Å². The molecule has 13 heteroatoms. The molecule has 2 heterocycles. The van der Waals surface area contributed by atoms with Crippen molar-refractivity contribution < 1.29 is 33.4 Å². The summed E-state index contributed by atoms with van der Waals surface area (Å²) in [6.07, 6.45) is 12.2. The Labute approximate surface area is 306 Å². The Kier molecular flexibility index (Phi) is 11.2. The lowest BCUT2D eigenvalue weighted by molar-refractivity contribution is -0.155. The summed E-state index contributed by atoms with van der Waals surface area (Å²) in [4.78, 5) is 60.2. The van der Waals surface area contributed by atoms with Gasteiger partial charge in [-0.1, -0.05) is 30.5 Å². The third kappa shape index (κ3) is 7.81. The van der Waals surface area contributed by atoms with E-state index in [0.29, 0.717) is 58.8 Å². The van der Waals surface area contributed by atoms with E-state index in [4.69, 9.17) is 25.8 Å². The van der Waals surface area contributed by atoms with Crippen LogP contribution in [0, 0.1) is 0 Å². The molecular formula is C39H42ClN5O7. The molecule has 2 N–H and O–H groups in total. The standard InChI is InChI=1S/C39H42ClN5O7/c1-4-50-31-20-28(14-11-24(31)13-16-32(46)52-23-33(47)51-5-2)43-38(49)39(17-8-18-39)44-37(48)26-12-15-29-30(19-26)45(3)35(34(29)25-9-6-7-10-25)36-41-21-27(40)22-42-36/h11-16,19-22,25H,4-10,17-18,23H2,1-3H3,(H,43,49)(H,44,48)/b16-13+. The zero-order valence-electron chi connectivity index (χ0n) is 29.5. The fraction of sp³-hybridized carbons (Fsp3) is 0.385. The van der Waals surface area contributed by atoms with Gasteiger partial charge < -0.3 is 29.4 Å². The van der Waals surface area contributed by atoms with Crippen LogP contribution in [-0.2, 0) is 30.9 Å². The Morgan fingerprint density at radius 3 is 2.40 bits per heavy atom. The van der Waals surface area contributed by atoms with E-state index >= 15 is 0 Å². The smallest absolute Gasteiger partial charge is 0.344 e. The molecule has 272 valence electrons. The SMILES string of the molecule is CCOC(=O)COC(=O)/C=C/c1ccc(NC(=O)C2(NC(=O)c3ccc4c(C5CCCC5)c(-c5ncc(Cl)cn5)n(C)c4c3)CCC2)cc1OCC. The number of nitrogens with zero attached hydrogens (tertiary/aromatic N) is 3. The van der Waals surface area contributed by atoms with Crippen LogP contribution in [0.15, 0.2) is 54.9 Å². The van der Waals surface area contributed by atoms with Crippen LogP contribution in [0.1, 0.15) is 86.2 Å². The molecule has 0 aliphatic heterocycles. The van der Waals surface area contributed by atoms with Crippen molar-refractivity contribution in [3.8, 4) is 17.3 Å². The number of nitrogens with one attached hydrogen (secondary N) is 2. The summed E-state index contributed by atoms with van der Waals surface area (Å²) >= 11 is 6.11. The minimum absolute atomic E-state index is 0.190. The lowest BCUT2D eigenvalue weighted by Gasteiger charge is -2.40. The summed E-state index contributed by atoms with van der Waals surface area (Å²) in [6.45, 7) is 3.53. The highest BCUT2D eigenvalue weighted by atomic mass is 35.5. The topological polar surface area (TPSA) is 151 Å². The summed E-state index contributed by atoms with van der Waals surface area (Å²) in [5.74, 6) is -0.631. The summed E-state index contributed by atoms with van der Waals surface area (Å²) < 4.78 is 17.5. The minimum atomic E-state index is -1.08. The van der Waals surface area contributed by atoms with E-state index < -0.39 is 24.1 Å². The predicted octanol–water partition coefficient (Wildman–Crippen LogP) is 6.76. The molecule has 2 aromatic carbocycles. The number of halogens is 1. The second-order valence-corrected chi connectivity index (χ2v) is 13.5. The first-order chi connectivity index (χ1) is 25.1. The third-order valence-corrected chi connectivity index (χ3v) is 9.90. The number of carbonyl (C=O) groups excluding carboxylic acids is 4. The molecule has 2 fully saturated rings. The van der Waals surface area contributed by atoms with Crippen molar-refractivity contribution in [3.63, 3.8) is 0 Å². The Bertz CT molecular complexity index is 2010. The van der Waals surface area contributed by atoms with Crippen LogP contribution < -0.4 is 15.4 Å². The molecule has 2 amide bonds. The molecule has 2 aliphatic rings. The summed E-state index contributed by atoms with van der Waals surface area (Å²) in [6, 6.07) is 10.7. The maximum absolute atomic E-state index is 13.8. The molecule has 2 aliphatic carbocycles. The monoisotopic (exact) mass is 727 g/mol. The molecule has 4 aromatic rings. The Morgan fingerprint density at radius 2 is 1.73 bits per heavy atom. The zero-order chi connectivity index (χ0) is 36.8. The molecule has 2 saturated carbocycles. The molecule has 0 bridgehead atoms. The molecule has 52 heavy (non-hydrogen) atoms. The van der Waals surface area contributed by atoms with E-state index in [2.05, 4.69) is 25.2 Å². The number of hydrogen-bond acceptors (Lipinski definition) is 9. The van der Waals surface area contributed by atoms with Crippen LogP contribution in [0.3, 0.4) is 0 Å². The van der Waals surface area contributed by atoms with E-state index in [0.717, 1.165) is 48.7 Å². The minimum Gasteiger partial charge on any atom is -0.493 e. The van der Waals surface area contributed by atoms with Gasteiger partial charge in [-0.3, -0.25) is 9.59 Å². The molecule has 0 radical (unpaired) electrons. The first-order valence-electron chi connectivity index (χ1n) is 17.6. The van der Waals surface area contributed by atoms with Crippen molar-refractivity contribution in [3.05, 3.63) is 76.6 Å². The maximum atomic E-state index is 13.8. The van der Waals surface area contributed by atoms with E-state index in [1.54, 1.807) is 37.5 Å². The van der Waals surface area contributed by atoms with Crippen molar-refractivity contribution in [2.75, 3.05) is 25.1 Å². The molecule has 0 saturated heterocycles. The molecule has 6 rings (SSSR count). The third-order valence-electron chi connectivity index (χ3n) is 9.70. The van der Waals surface area contributed by atoms with Crippen molar-refractivity contribution in [2.24, 2.45) is 7.05 Å². The zero-order valence-corrected chi connectivity index (χ0v) is 30.3. The first-order valence-corrected chi connectivity index (χ1v) is 18.0. The lowest BCUT2D eigenvalue weighted by Crippen LogP contribution is -2.61. The number of aryl methyl sites for hydroxylation is 1. The van der Waals surface area contributed by atoms with Crippen LogP contribution in [0.25, 0.3) is 28.5 Å². The molecule has 0 atom stereocenters. The first kappa shape index (κ1) is 36.6. The number of carbonyl (C=O) groups is 4. The van der Waals surface area contributed by atoms with Crippen molar-refractivity contribution in [2.45, 2.75) is 70.3 Å². The average Bonchev–Trinajstić information content (AvgIpc) is 3.75. The van der Waals surface area contributed by atoms with Gasteiger partial charge >= 0.3 is 11.9 Å². The largest absolute Gasteiger partial charge is 0.493 e. The molecule has 12 nitrogen and oxygen atoms in total. The van der Waals surface area contributed by atoms with Gasteiger partial charge in [0.05, 0.1) is 23.9 Å².